The summed E-state index contributed by atoms with van der Waals surface area (Å²) in [7, 11) is 0. The number of aromatic nitrogens is 3. The number of fused-ring (bicyclic) bond motifs is 1. The molecule has 0 amide bonds. The second-order valence-electron chi connectivity index (χ2n) is 4.04. The Bertz CT molecular complexity index is 747. The van der Waals surface area contributed by atoms with Gasteiger partial charge in [-0.05, 0) is 12.1 Å². The molecule has 3 rings (SSSR count). The quantitative estimate of drug-likeness (QED) is 0.712. The Morgan fingerprint density at radius 2 is 2.00 bits per heavy atom. The topological polar surface area (TPSA) is 53.6 Å². The lowest BCUT2D eigenvalue weighted by atomic mass is 10.3. The van der Waals surface area contributed by atoms with Crippen LogP contribution in [0.15, 0.2) is 36.5 Å². The molecule has 0 bridgehead atoms. The monoisotopic (exact) mass is 290 g/mol. The highest BCUT2D eigenvalue weighted by Crippen LogP contribution is 2.17. The summed E-state index contributed by atoms with van der Waals surface area (Å²) in [6.45, 7) is 0. The summed E-state index contributed by atoms with van der Waals surface area (Å²) in [6.07, 6.45) is 1.62. The summed E-state index contributed by atoms with van der Waals surface area (Å²) in [5.41, 5.74) is 0.688. The Morgan fingerprint density at radius 3 is 2.75 bits per heavy atom. The first-order valence-electron chi connectivity index (χ1n) is 5.70. The fourth-order valence-electron chi connectivity index (χ4n) is 1.72. The lowest BCUT2D eigenvalue weighted by Gasteiger charge is -2.03. The van der Waals surface area contributed by atoms with Gasteiger partial charge in [-0.2, -0.15) is 0 Å². The van der Waals surface area contributed by atoms with Gasteiger partial charge in [-0.15, -0.1) is 0 Å². The van der Waals surface area contributed by atoms with Gasteiger partial charge in [0.25, 0.3) is 0 Å². The third-order valence-electron chi connectivity index (χ3n) is 2.65. The van der Waals surface area contributed by atoms with E-state index in [4.69, 9.17) is 12.2 Å². The maximum atomic E-state index is 13.1. The van der Waals surface area contributed by atoms with Crippen molar-refractivity contribution in [2.24, 2.45) is 0 Å². The Labute approximate surface area is 117 Å². The van der Waals surface area contributed by atoms with Gasteiger partial charge in [-0.25, -0.2) is 18.7 Å². The molecule has 3 aromatic rings. The first-order chi connectivity index (χ1) is 9.63. The minimum atomic E-state index is -0.945. The van der Waals surface area contributed by atoms with Gasteiger partial charge in [0, 0.05) is 18.3 Å². The number of aromatic amines is 1. The highest BCUT2D eigenvalue weighted by Gasteiger charge is 2.11. The standard InChI is InChI=1S/C13H8F2N4S/c14-7-5-9-10(6-8(7)15)18-12(17-9)13(20)19-11-3-1-2-4-16-11/h1-6H,(H,17,18)(H,16,19,20). The van der Waals surface area contributed by atoms with Crippen LogP contribution in [0.4, 0.5) is 14.6 Å². The molecular formula is C13H8F2N4S. The third-order valence-corrected chi connectivity index (χ3v) is 2.94. The number of anilines is 1. The van der Waals surface area contributed by atoms with Gasteiger partial charge in [0.1, 0.15) is 10.8 Å². The largest absolute Gasteiger partial charge is 0.336 e. The summed E-state index contributed by atoms with van der Waals surface area (Å²) >= 11 is 5.18. The number of nitrogens with one attached hydrogen (secondary N) is 2. The average Bonchev–Trinajstić information content (AvgIpc) is 2.83. The van der Waals surface area contributed by atoms with E-state index < -0.39 is 11.6 Å². The van der Waals surface area contributed by atoms with E-state index in [1.54, 1.807) is 24.4 Å². The molecule has 0 radical (unpaired) electrons. The summed E-state index contributed by atoms with van der Waals surface area (Å²) in [6, 6.07) is 7.40. The van der Waals surface area contributed by atoms with Crippen LogP contribution >= 0.6 is 12.2 Å². The van der Waals surface area contributed by atoms with Crippen molar-refractivity contribution in [3.05, 3.63) is 54.0 Å². The first kappa shape index (κ1) is 12.6. The molecule has 1 aromatic carbocycles. The molecule has 4 nitrogen and oxygen atoms in total. The number of halogens is 2. The number of imidazole rings is 1. The second kappa shape index (κ2) is 4.93. The molecule has 2 heterocycles. The van der Waals surface area contributed by atoms with E-state index in [0.717, 1.165) is 12.1 Å². The van der Waals surface area contributed by atoms with Crippen molar-refractivity contribution in [1.82, 2.24) is 15.0 Å². The van der Waals surface area contributed by atoms with E-state index in [9.17, 15) is 8.78 Å². The van der Waals surface area contributed by atoms with Crippen molar-refractivity contribution in [3.8, 4) is 0 Å². The van der Waals surface area contributed by atoms with E-state index in [2.05, 4.69) is 20.3 Å². The molecular weight excluding hydrogens is 282 g/mol. The average molecular weight is 290 g/mol. The lowest BCUT2D eigenvalue weighted by Crippen LogP contribution is -2.13. The van der Waals surface area contributed by atoms with E-state index >= 15 is 0 Å². The fraction of sp³-hybridized carbons (Fsp3) is 0. The molecule has 0 aliphatic rings. The molecule has 100 valence electrons. The van der Waals surface area contributed by atoms with Crippen molar-refractivity contribution in [2.45, 2.75) is 0 Å². The molecule has 7 heteroatoms. The zero-order valence-electron chi connectivity index (χ0n) is 10.0. The van der Waals surface area contributed by atoms with Crippen LogP contribution in [-0.2, 0) is 0 Å². The van der Waals surface area contributed by atoms with Crippen LogP contribution in [0, 0.1) is 11.6 Å². The zero-order chi connectivity index (χ0) is 14.1. The summed E-state index contributed by atoms with van der Waals surface area (Å²) in [5.74, 6) is -0.989. The summed E-state index contributed by atoms with van der Waals surface area (Å²) < 4.78 is 26.2. The molecule has 0 aliphatic heterocycles. The van der Waals surface area contributed by atoms with Crippen LogP contribution in [0.1, 0.15) is 5.82 Å². The van der Waals surface area contributed by atoms with Crippen molar-refractivity contribution in [3.63, 3.8) is 0 Å². The molecule has 0 spiro atoms. The van der Waals surface area contributed by atoms with Crippen LogP contribution in [-0.4, -0.2) is 19.9 Å². The fourth-order valence-corrected chi connectivity index (χ4v) is 1.93. The molecule has 0 saturated heterocycles. The van der Waals surface area contributed by atoms with Crippen molar-refractivity contribution >= 4 is 34.1 Å². The Balaban J connectivity index is 1.92. The predicted octanol–water partition coefficient (Wildman–Crippen LogP) is 3.02. The summed E-state index contributed by atoms with van der Waals surface area (Å²) in [5, 5.41) is 2.89. The Hall–Kier alpha value is -2.41. The highest BCUT2D eigenvalue weighted by molar-refractivity contribution is 7.81. The SMILES string of the molecule is Fc1cc2nc(C(=S)Nc3ccccn3)[nH]c2cc1F. The van der Waals surface area contributed by atoms with Crippen LogP contribution in [0.5, 0.6) is 0 Å². The summed E-state index contributed by atoms with van der Waals surface area (Å²) in [4.78, 5) is 11.3. The number of hydrogen-bond acceptors (Lipinski definition) is 3. The minimum Gasteiger partial charge on any atom is -0.336 e. The number of H-pyrrole nitrogens is 1. The number of benzene rings is 1. The van der Waals surface area contributed by atoms with Gasteiger partial charge in [-0.1, -0.05) is 18.3 Å². The van der Waals surface area contributed by atoms with Gasteiger partial charge >= 0.3 is 0 Å². The Kier molecular flexibility index (Phi) is 3.11. The normalized spacial score (nSPS) is 10.7. The molecule has 0 unspecified atom stereocenters. The maximum Gasteiger partial charge on any atom is 0.166 e. The molecule has 2 aromatic heterocycles. The number of nitrogens with zero attached hydrogens (tertiary/aromatic N) is 2. The Morgan fingerprint density at radius 1 is 1.20 bits per heavy atom. The highest BCUT2D eigenvalue weighted by atomic mass is 32.1. The first-order valence-corrected chi connectivity index (χ1v) is 6.11. The number of hydrogen-bond donors (Lipinski definition) is 2. The van der Waals surface area contributed by atoms with E-state index in [-0.39, 0.29) is 0 Å². The van der Waals surface area contributed by atoms with E-state index in [1.807, 2.05) is 0 Å². The number of thiocarbonyl (C=S) groups is 1. The molecule has 2 N–H and O–H groups in total. The van der Waals surface area contributed by atoms with Gasteiger partial charge in [-0.3, -0.25) is 0 Å². The van der Waals surface area contributed by atoms with Crippen molar-refractivity contribution in [1.29, 1.82) is 0 Å². The van der Waals surface area contributed by atoms with Crippen LogP contribution in [0.3, 0.4) is 0 Å². The van der Waals surface area contributed by atoms with Crippen LogP contribution in [0.25, 0.3) is 11.0 Å². The van der Waals surface area contributed by atoms with Gasteiger partial charge in [0.05, 0.1) is 11.0 Å². The van der Waals surface area contributed by atoms with E-state index in [0.29, 0.717) is 27.7 Å². The van der Waals surface area contributed by atoms with Gasteiger partial charge in [0.15, 0.2) is 17.5 Å². The lowest BCUT2D eigenvalue weighted by molar-refractivity contribution is 0.510. The predicted molar refractivity (Wildman–Crippen MR) is 75.6 cm³/mol. The van der Waals surface area contributed by atoms with E-state index in [1.165, 1.54) is 0 Å². The smallest absolute Gasteiger partial charge is 0.166 e. The number of rotatable bonds is 2. The van der Waals surface area contributed by atoms with Crippen molar-refractivity contribution < 1.29 is 8.78 Å². The maximum absolute atomic E-state index is 13.1. The molecule has 0 aliphatic carbocycles. The van der Waals surface area contributed by atoms with Crippen LogP contribution < -0.4 is 5.32 Å². The molecule has 0 fully saturated rings. The second-order valence-corrected chi connectivity index (χ2v) is 4.45. The van der Waals surface area contributed by atoms with Gasteiger partial charge in [0.2, 0.25) is 0 Å². The van der Waals surface area contributed by atoms with Crippen molar-refractivity contribution in [2.75, 3.05) is 5.32 Å². The van der Waals surface area contributed by atoms with Crippen LogP contribution in [0.2, 0.25) is 0 Å². The molecule has 20 heavy (non-hydrogen) atoms. The number of pyridine rings is 1. The zero-order valence-corrected chi connectivity index (χ0v) is 10.8. The van der Waals surface area contributed by atoms with Gasteiger partial charge < -0.3 is 10.3 Å². The minimum absolute atomic E-state index is 0.292. The third kappa shape index (κ3) is 2.35. The molecule has 0 saturated carbocycles. The molecule has 0 atom stereocenters.